The summed E-state index contributed by atoms with van der Waals surface area (Å²) < 4.78 is 11.0. The Morgan fingerprint density at radius 3 is 2.30 bits per heavy atom. The van der Waals surface area contributed by atoms with Crippen molar-refractivity contribution in [2.75, 3.05) is 7.11 Å². The van der Waals surface area contributed by atoms with Gasteiger partial charge in [0.1, 0.15) is 11.5 Å². The van der Waals surface area contributed by atoms with Crippen LogP contribution in [-0.2, 0) is 0 Å². The fourth-order valence-electron chi connectivity index (χ4n) is 2.26. The van der Waals surface area contributed by atoms with Gasteiger partial charge in [-0.1, -0.05) is 30.3 Å². The van der Waals surface area contributed by atoms with Gasteiger partial charge in [-0.2, -0.15) is 0 Å². The largest absolute Gasteiger partial charge is 0.496 e. The Morgan fingerprint density at radius 2 is 1.61 bits per heavy atom. The normalized spacial score (nSPS) is 10.1. The molecule has 0 unspecified atom stereocenters. The van der Waals surface area contributed by atoms with Gasteiger partial charge in [-0.3, -0.25) is 4.98 Å². The molecule has 0 saturated carbocycles. The fraction of sp³-hybridized carbons (Fsp3) is 0.0526. The predicted octanol–water partition coefficient (Wildman–Crippen LogP) is 3.98. The maximum absolute atomic E-state index is 12.3. The van der Waals surface area contributed by atoms with Crippen LogP contribution in [0, 0.1) is 0 Å². The molecule has 3 aromatic rings. The molecule has 23 heavy (non-hydrogen) atoms. The van der Waals surface area contributed by atoms with E-state index in [0.717, 1.165) is 0 Å². The van der Waals surface area contributed by atoms with Crippen molar-refractivity contribution in [3.05, 3.63) is 78.5 Å². The van der Waals surface area contributed by atoms with Crippen LogP contribution in [0.3, 0.4) is 0 Å². The second-order valence-corrected chi connectivity index (χ2v) is 4.80. The van der Waals surface area contributed by atoms with Crippen LogP contribution in [0.2, 0.25) is 0 Å². The molecule has 3 rings (SSSR count). The molecule has 0 bridgehead atoms. The number of methoxy groups -OCH3 is 1. The lowest BCUT2D eigenvalue weighted by molar-refractivity contribution is 0.0735. The Bertz CT molecular complexity index is 801. The summed E-state index contributed by atoms with van der Waals surface area (Å²) in [4.78, 5) is 16.6. The molecule has 0 saturated heterocycles. The number of carbonyl (C=O) groups excluding carboxylic acids is 1. The molecule has 0 N–H and O–H groups in total. The third kappa shape index (κ3) is 3.21. The fourth-order valence-corrected chi connectivity index (χ4v) is 2.26. The second-order valence-electron chi connectivity index (χ2n) is 4.80. The molecule has 0 radical (unpaired) electrons. The summed E-state index contributed by atoms with van der Waals surface area (Å²) in [7, 11) is 1.57. The Balaban J connectivity index is 2.01. The van der Waals surface area contributed by atoms with Crippen molar-refractivity contribution in [3.63, 3.8) is 0 Å². The number of hydrogen-bond donors (Lipinski definition) is 0. The Labute approximate surface area is 134 Å². The van der Waals surface area contributed by atoms with E-state index in [9.17, 15) is 4.79 Å². The maximum Gasteiger partial charge on any atom is 0.343 e. The van der Waals surface area contributed by atoms with Crippen molar-refractivity contribution in [2.24, 2.45) is 0 Å². The number of rotatable bonds is 4. The molecule has 0 atom stereocenters. The van der Waals surface area contributed by atoms with Crippen molar-refractivity contribution in [1.29, 1.82) is 0 Å². The molecule has 0 amide bonds. The van der Waals surface area contributed by atoms with Gasteiger partial charge in [0.25, 0.3) is 0 Å². The Hall–Kier alpha value is -3.14. The van der Waals surface area contributed by atoms with Gasteiger partial charge in [-0.15, -0.1) is 0 Å². The van der Waals surface area contributed by atoms with Crippen LogP contribution in [0.15, 0.2) is 72.9 Å². The first kappa shape index (κ1) is 14.8. The van der Waals surface area contributed by atoms with E-state index >= 15 is 0 Å². The van der Waals surface area contributed by atoms with Crippen LogP contribution in [0.25, 0.3) is 11.3 Å². The SMILES string of the molecule is COc1cccc(OC(=O)c2ccccc2)c1-c1ccccn1. The zero-order valence-corrected chi connectivity index (χ0v) is 12.6. The van der Waals surface area contributed by atoms with Gasteiger partial charge in [0.15, 0.2) is 0 Å². The van der Waals surface area contributed by atoms with Crippen molar-refractivity contribution in [3.8, 4) is 22.8 Å². The van der Waals surface area contributed by atoms with Gasteiger partial charge in [0.05, 0.1) is 23.9 Å². The van der Waals surface area contributed by atoms with E-state index in [1.165, 1.54) is 0 Å². The van der Waals surface area contributed by atoms with Gasteiger partial charge in [-0.05, 0) is 36.4 Å². The van der Waals surface area contributed by atoms with E-state index in [0.29, 0.717) is 28.3 Å². The molecule has 4 nitrogen and oxygen atoms in total. The first-order chi connectivity index (χ1) is 11.3. The molecule has 1 aromatic heterocycles. The number of ether oxygens (including phenoxy) is 2. The minimum atomic E-state index is -0.420. The highest BCUT2D eigenvalue weighted by molar-refractivity contribution is 5.92. The van der Waals surface area contributed by atoms with Crippen molar-refractivity contribution >= 4 is 5.97 Å². The molecule has 0 aliphatic heterocycles. The first-order valence-electron chi connectivity index (χ1n) is 7.15. The summed E-state index contributed by atoms with van der Waals surface area (Å²) in [6.07, 6.45) is 1.69. The highest BCUT2D eigenvalue weighted by atomic mass is 16.5. The van der Waals surface area contributed by atoms with Gasteiger partial charge in [0.2, 0.25) is 0 Å². The van der Waals surface area contributed by atoms with Crippen LogP contribution < -0.4 is 9.47 Å². The number of benzene rings is 2. The zero-order valence-electron chi connectivity index (χ0n) is 12.6. The van der Waals surface area contributed by atoms with E-state index in [4.69, 9.17) is 9.47 Å². The molecule has 1 heterocycles. The molecule has 0 fully saturated rings. The lowest BCUT2D eigenvalue weighted by atomic mass is 10.1. The Kier molecular flexibility index (Phi) is 4.34. The average Bonchev–Trinajstić information content (AvgIpc) is 2.63. The molecular weight excluding hydrogens is 290 g/mol. The van der Waals surface area contributed by atoms with E-state index in [-0.39, 0.29) is 0 Å². The van der Waals surface area contributed by atoms with Crippen LogP contribution in [0.5, 0.6) is 11.5 Å². The predicted molar refractivity (Wildman–Crippen MR) is 87.6 cm³/mol. The molecule has 114 valence electrons. The van der Waals surface area contributed by atoms with Crippen LogP contribution in [0.4, 0.5) is 0 Å². The third-order valence-corrected chi connectivity index (χ3v) is 3.34. The molecular formula is C19H15NO3. The number of nitrogens with zero attached hydrogens (tertiary/aromatic N) is 1. The molecule has 0 aliphatic rings. The van der Waals surface area contributed by atoms with Gasteiger partial charge >= 0.3 is 5.97 Å². The van der Waals surface area contributed by atoms with Crippen LogP contribution in [0.1, 0.15) is 10.4 Å². The molecule has 2 aromatic carbocycles. The van der Waals surface area contributed by atoms with Gasteiger partial charge < -0.3 is 9.47 Å². The topological polar surface area (TPSA) is 48.4 Å². The quantitative estimate of drug-likeness (QED) is 0.540. The zero-order chi connectivity index (χ0) is 16.1. The summed E-state index contributed by atoms with van der Waals surface area (Å²) >= 11 is 0. The Morgan fingerprint density at radius 1 is 0.870 bits per heavy atom. The summed E-state index contributed by atoms with van der Waals surface area (Å²) in [5.41, 5.74) is 1.82. The average molecular weight is 305 g/mol. The summed E-state index contributed by atoms with van der Waals surface area (Å²) in [6, 6.07) is 19.7. The minimum Gasteiger partial charge on any atom is -0.496 e. The molecule has 0 aliphatic carbocycles. The van der Waals surface area contributed by atoms with E-state index in [1.807, 2.05) is 30.3 Å². The standard InChI is InChI=1S/C19H15NO3/c1-22-16-11-7-12-17(18(16)15-10-5-6-13-20-15)23-19(21)14-8-3-2-4-9-14/h2-13H,1H3. The molecule has 0 spiro atoms. The summed E-state index contributed by atoms with van der Waals surface area (Å²) in [6.45, 7) is 0. The lowest BCUT2D eigenvalue weighted by Gasteiger charge is -2.13. The maximum atomic E-state index is 12.3. The van der Waals surface area contributed by atoms with Gasteiger partial charge in [0, 0.05) is 6.20 Å². The number of pyridine rings is 1. The van der Waals surface area contributed by atoms with Crippen molar-refractivity contribution in [2.45, 2.75) is 0 Å². The highest BCUT2D eigenvalue weighted by Gasteiger charge is 2.17. The third-order valence-electron chi connectivity index (χ3n) is 3.34. The minimum absolute atomic E-state index is 0.414. The number of hydrogen-bond acceptors (Lipinski definition) is 4. The summed E-state index contributed by atoms with van der Waals surface area (Å²) in [5.74, 6) is 0.593. The highest BCUT2D eigenvalue weighted by Crippen LogP contribution is 2.37. The molecule has 4 heteroatoms. The second kappa shape index (κ2) is 6.75. The number of carbonyl (C=O) groups is 1. The smallest absolute Gasteiger partial charge is 0.343 e. The number of aromatic nitrogens is 1. The monoisotopic (exact) mass is 305 g/mol. The van der Waals surface area contributed by atoms with Crippen LogP contribution in [-0.4, -0.2) is 18.1 Å². The van der Waals surface area contributed by atoms with E-state index < -0.39 is 5.97 Å². The first-order valence-corrected chi connectivity index (χ1v) is 7.15. The van der Waals surface area contributed by atoms with Gasteiger partial charge in [-0.25, -0.2) is 4.79 Å². The van der Waals surface area contributed by atoms with E-state index in [2.05, 4.69) is 4.98 Å². The van der Waals surface area contributed by atoms with Crippen molar-refractivity contribution < 1.29 is 14.3 Å². The van der Waals surface area contributed by atoms with E-state index in [1.54, 1.807) is 49.7 Å². The summed E-state index contributed by atoms with van der Waals surface area (Å²) in [5, 5.41) is 0. The lowest BCUT2D eigenvalue weighted by Crippen LogP contribution is -2.09. The van der Waals surface area contributed by atoms with Crippen LogP contribution >= 0.6 is 0 Å². The van der Waals surface area contributed by atoms with Crippen molar-refractivity contribution in [1.82, 2.24) is 4.98 Å². The number of esters is 1.